The molecular formula is C17H20ClNO3S. The molecule has 0 aliphatic carbocycles. The van der Waals surface area contributed by atoms with Crippen LogP contribution in [-0.2, 0) is 9.53 Å². The van der Waals surface area contributed by atoms with Crippen LogP contribution in [0.15, 0.2) is 47.0 Å². The number of carbonyl (C=O) groups excluding carboxylic acids is 2. The number of halogens is 1. The second-order valence-electron chi connectivity index (χ2n) is 4.74. The maximum absolute atomic E-state index is 12.5. The fourth-order valence-electron chi connectivity index (χ4n) is 1.74. The lowest BCUT2D eigenvalue weighted by molar-refractivity contribution is -0.140. The standard InChI is InChI=1S/C17H20ClNO3S/c1-5-22-17(21)14(19(2)3)10-11-15(23-4)16(20)12-6-8-13(18)9-7-12/h6-11H,5H2,1-4H3/b14-10-,15-11-. The van der Waals surface area contributed by atoms with Crippen LogP contribution in [0.4, 0.5) is 0 Å². The van der Waals surface area contributed by atoms with Gasteiger partial charge in [-0.15, -0.1) is 11.8 Å². The molecule has 0 unspecified atom stereocenters. The molecule has 0 aromatic heterocycles. The van der Waals surface area contributed by atoms with E-state index in [9.17, 15) is 9.59 Å². The molecule has 4 nitrogen and oxygen atoms in total. The monoisotopic (exact) mass is 353 g/mol. The summed E-state index contributed by atoms with van der Waals surface area (Å²) in [5.41, 5.74) is 0.924. The zero-order chi connectivity index (χ0) is 17.4. The van der Waals surface area contributed by atoms with Crippen molar-refractivity contribution in [2.75, 3.05) is 27.0 Å². The highest BCUT2D eigenvalue weighted by Gasteiger charge is 2.14. The Morgan fingerprint density at radius 2 is 1.83 bits per heavy atom. The molecule has 0 heterocycles. The van der Waals surface area contributed by atoms with Crippen molar-refractivity contribution in [1.29, 1.82) is 0 Å². The lowest BCUT2D eigenvalue weighted by Gasteiger charge is -2.15. The van der Waals surface area contributed by atoms with E-state index < -0.39 is 5.97 Å². The molecule has 0 saturated heterocycles. The molecule has 0 atom stereocenters. The van der Waals surface area contributed by atoms with E-state index in [0.717, 1.165) is 0 Å². The van der Waals surface area contributed by atoms with E-state index in [0.29, 0.717) is 27.8 Å². The molecule has 0 fully saturated rings. The third-order valence-corrected chi connectivity index (χ3v) is 3.92. The maximum atomic E-state index is 12.5. The molecule has 1 aromatic rings. The van der Waals surface area contributed by atoms with Crippen LogP contribution in [0.3, 0.4) is 0 Å². The van der Waals surface area contributed by atoms with Gasteiger partial charge in [-0.2, -0.15) is 0 Å². The first-order valence-corrected chi connectivity index (χ1v) is 8.61. The second-order valence-corrected chi connectivity index (χ2v) is 6.02. The number of hydrogen-bond donors (Lipinski definition) is 0. The summed E-state index contributed by atoms with van der Waals surface area (Å²) >= 11 is 7.15. The number of esters is 1. The van der Waals surface area contributed by atoms with Gasteiger partial charge in [0.25, 0.3) is 0 Å². The molecule has 0 amide bonds. The van der Waals surface area contributed by atoms with Gasteiger partial charge in [-0.05, 0) is 49.6 Å². The van der Waals surface area contributed by atoms with Crippen LogP contribution in [0.5, 0.6) is 0 Å². The Hall–Kier alpha value is -1.72. The van der Waals surface area contributed by atoms with E-state index in [1.54, 1.807) is 62.3 Å². The molecule has 1 aromatic carbocycles. The number of nitrogens with zero attached hydrogens (tertiary/aromatic N) is 1. The molecule has 124 valence electrons. The van der Waals surface area contributed by atoms with E-state index in [2.05, 4.69) is 0 Å². The Kier molecular flexibility index (Phi) is 7.92. The highest BCUT2D eigenvalue weighted by molar-refractivity contribution is 8.03. The highest BCUT2D eigenvalue weighted by Crippen LogP contribution is 2.20. The molecule has 1 rings (SSSR count). The zero-order valence-corrected chi connectivity index (χ0v) is 15.2. The highest BCUT2D eigenvalue weighted by atomic mass is 35.5. The molecule has 0 bridgehead atoms. The minimum Gasteiger partial charge on any atom is -0.461 e. The number of ether oxygens (including phenoxy) is 1. The zero-order valence-electron chi connectivity index (χ0n) is 13.6. The van der Waals surface area contributed by atoms with Gasteiger partial charge >= 0.3 is 5.97 Å². The minimum atomic E-state index is -0.423. The predicted octanol–water partition coefficient (Wildman–Crippen LogP) is 3.78. The molecular weight excluding hydrogens is 334 g/mol. The number of rotatable bonds is 7. The van der Waals surface area contributed by atoms with Crippen LogP contribution in [0.2, 0.25) is 5.02 Å². The van der Waals surface area contributed by atoms with Crippen LogP contribution < -0.4 is 0 Å². The fourth-order valence-corrected chi connectivity index (χ4v) is 2.37. The predicted molar refractivity (Wildman–Crippen MR) is 95.8 cm³/mol. The number of thioether (sulfide) groups is 1. The number of ketones is 1. The number of benzene rings is 1. The summed E-state index contributed by atoms with van der Waals surface area (Å²) in [6.07, 6.45) is 5.04. The van der Waals surface area contributed by atoms with Gasteiger partial charge in [-0.1, -0.05) is 11.6 Å². The fraction of sp³-hybridized carbons (Fsp3) is 0.294. The molecule has 0 aliphatic rings. The maximum Gasteiger partial charge on any atom is 0.354 e. The Balaban J connectivity index is 3.08. The summed E-state index contributed by atoms with van der Waals surface area (Å²) in [7, 11) is 3.49. The third kappa shape index (κ3) is 5.77. The summed E-state index contributed by atoms with van der Waals surface area (Å²) < 4.78 is 5.01. The van der Waals surface area contributed by atoms with Gasteiger partial charge in [0.15, 0.2) is 5.78 Å². The van der Waals surface area contributed by atoms with Crippen molar-refractivity contribution in [2.24, 2.45) is 0 Å². The van der Waals surface area contributed by atoms with Gasteiger partial charge in [-0.25, -0.2) is 4.79 Å². The van der Waals surface area contributed by atoms with E-state index >= 15 is 0 Å². The number of allylic oxidation sites excluding steroid dienone is 3. The van der Waals surface area contributed by atoms with E-state index in [1.807, 2.05) is 6.26 Å². The summed E-state index contributed by atoms with van der Waals surface area (Å²) in [6, 6.07) is 6.70. The number of likely N-dealkylation sites (N-methyl/N-ethyl adjacent to an activating group) is 1. The van der Waals surface area contributed by atoms with Crippen molar-refractivity contribution in [2.45, 2.75) is 6.92 Å². The van der Waals surface area contributed by atoms with Crippen molar-refractivity contribution in [1.82, 2.24) is 4.90 Å². The Labute approximate surface area is 146 Å². The number of hydrogen-bond acceptors (Lipinski definition) is 5. The summed E-state index contributed by atoms with van der Waals surface area (Å²) in [4.78, 5) is 26.5. The van der Waals surface area contributed by atoms with Gasteiger partial charge in [0, 0.05) is 24.7 Å². The first kappa shape index (κ1) is 19.3. The van der Waals surface area contributed by atoms with Crippen LogP contribution in [-0.4, -0.2) is 43.6 Å². The van der Waals surface area contributed by atoms with Crippen molar-refractivity contribution in [3.8, 4) is 0 Å². The molecule has 0 spiro atoms. The van der Waals surface area contributed by atoms with Gasteiger partial charge in [0.2, 0.25) is 0 Å². The summed E-state index contributed by atoms with van der Waals surface area (Å²) in [5, 5.41) is 0.577. The Morgan fingerprint density at radius 1 is 1.22 bits per heavy atom. The molecule has 6 heteroatoms. The Morgan fingerprint density at radius 3 is 2.30 bits per heavy atom. The van der Waals surface area contributed by atoms with Gasteiger partial charge in [0.1, 0.15) is 5.70 Å². The van der Waals surface area contributed by atoms with E-state index in [4.69, 9.17) is 16.3 Å². The quantitative estimate of drug-likeness (QED) is 0.323. The van der Waals surface area contributed by atoms with Crippen LogP contribution >= 0.6 is 23.4 Å². The summed E-state index contributed by atoms with van der Waals surface area (Å²) in [5.74, 6) is -0.541. The largest absolute Gasteiger partial charge is 0.461 e. The normalized spacial score (nSPS) is 12.0. The first-order valence-electron chi connectivity index (χ1n) is 7.01. The van der Waals surface area contributed by atoms with Crippen LogP contribution in [0.25, 0.3) is 0 Å². The van der Waals surface area contributed by atoms with Crippen LogP contribution in [0, 0.1) is 0 Å². The van der Waals surface area contributed by atoms with Crippen molar-refractivity contribution in [3.05, 3.63) is 57.6 Å². The topological polar surface area (TPSA) is 46.6 Å². The van der Waals surface area contributed by atoms with Gasteiger partial charge < -0.3 is 9.64 Å². The van der Waals surface area contributed by atoms with E-state index in [-0.39, 0.29) is 5.78 Å². The van der Waals surface area contributed by atoms with Crippen molar-refractivity contribution in [3.63, 3.8) is 0 Å². The van der Waals surface area contributed by atoms with Crippen LogP contribution in [0.1, 0.15) is 17.3 Å². The molecule has 0 N–H and O–H groups in total. The lowest BCUT2D eigenvalue weighted by Crippen LogP contribution is -2.21. The minimum absolute atomic E-state index is 0.118. The van der Waals surface area contributed by atoms with Gasteiger partial charge in [0.05, 0.1) is 11.5 Å². The third-order valence-electron chi connectivity index (χ3n) is 2.91. The molecule has 23 heavy (non-hydrogen) atoms. The van der Waals surface area contributed by atoms with E-state index in [1.165, 1.54) is 11.8 Å². The SMILES string of the molecule is CCOC(=O)/C(=C/C=C(\SC)C(=O)c1ccc(Cl)cc1)N(C)C. The Bertz CT molecular complexity index is 621. The first-order chi connectivity index (χ1) is 10.9. The average Bonchev–Trinajstić information content (AvgIpc) is 2.51. The average molecular weight is 354 g/mol. The smallest absolute Gasteiger partial charge is 0.354 e. The second kappa shape index (κ2) is 9.43. The molecule has 0 saturated carbocycles. The number of Topliss-reactive ketones (excluding diaryl/α,β-unsaturated/α-hetero) is 1. The van der Waals surface area contributed by atoms with Gasteiger partial charge in [-0.3, -0.25) is 4.79 Å². The number of carbonyl (C=O) groups is 2. The van der Waals surface area contributed by atoms with Crippen molar-refractivity contribution >= 4 is 35.1 Å². The lowest BCUT2D eigenvalue weighted by atomic mass is 10.1. The molecule has 0 radical (unpaired) electrons. The summed E-state index contributed by atoms with van der Waals surface area (Å²) in [6.45, 7) is 2.05. The molecule has 0 aliphatic heterocycles. The van der Waals surface area contributed by atoms with Crippen molar-refractivity contribution < 1.29 is 14.3 Å².